The summed E-state index contributed by atoms with van der Waals surface area (Å²) in [5.74, 6) is -2.87. The zero-order valence-corrected chi connectivity index (χ0v) is 9.26. The van der Waals surface area contributed by atoms with Crippen LogP contribution in [0.1, 0.15) is 25.7 Å². The van der Waals surface area contributed by atoms with Crippen LogP contribution in [-0.4, -0.2) is 34.1 Å². The van der Waals surface area contributed by atoms with Crippen molar-refractivity contribution in [3.8, 4) is 0 Å². The Morgan fingerprint density at radius 2 is 2.06 bits per heavy atom. The third kappa shape index (κ3) is 4.67. The molecule has 1 aliphatic carbocycles. The molecule has 0 heterocycles. The number of nitrogens with one attached hydrogen (secondary N) is 1. The molecule has 0 saturated heterocycles. The molecule has 6 nitrogen and oxygen atoms in total. The number of carboxylic acid groups (broad SMARTS) is 2. The normalized spacial score (nSPS) is 19.9. The van der Waals surface area contributed by atoms with Crippen LogP contribution in [0.4, 0.5) is 0 Å². The molecule has 94 valence electrons. The quantitative estimate of drug-likeness (QED) is 0.583. The van der Waals surface area contributed by atoms with Crippen molar-refractivity contribution in [2.45, 2.75) is 31.7 Å². The van der Waals surface area contributed by atoms with Gasteiger partial charge in [0.05, 0.1) is 6.42 Å². The predicted octanol–water partition coefficient (Wildman–Crippen LogP) is 0.387. The molecule has 0 radical (unpaired) electrons. The van der Waals surface area contributed by atoms with Crippen molar-refractivity contribution < 1.29 is 24.6 Å². The van der Waals surface area contributed by atoms with Crippen LogP contribution in [0.2, 0.25) is 0 Å². The van der Waals surface area contributed by atoms with Crippen LogP contribution in [-0.2, 0) is 14.4 Å². The van der Waals surface area contributed by atoms with Crippen LogP contribution in [0, 0.1) is 5.92 Å². The summed E-state index contributed by atoms with van der Waals surface area (Å²) in [6.45, 7) is 0. The van der Waals surface area contributed by atoms with Crippen LogP contribution in [0.15, 0.2) is 12.2 Å². The van der Waals surface area contributed by atoms with Crippen LogP contribution >= 0.6 is 0 Å². The fraction of sp³-hybridized carbons (Fsp3) is 0.545. The van der Waals surface area contributed by atoms with Crippen molar-refractivity contribution in [1.82, 2.24) is 5.32 Å². The van der Waals surface area contributed by atoms with E-state index in [2.05, 4.69) is 5.32 Å². The lowest BCUT2D eigenvalue weighted by atomic mass is 10.0. The maximum absolute atomic E-state index is 11.5. The molecule has 17 heavy (non-hydrogen) atoms. The first-order chi connectivity index (χ1) is 7.99. The number of carbonyl (C=O) groups is 3. The van der Waals surface area contributed by atoms with Gasteiger partial charge in [-0.3, -0.25) is 9.59 Å². The molecule has 0 aliphatic heterocycles. The first kappa shape index (κ1) is 13.2. The second-order valence-corrected chi connectivity index (χ2v) is 4.03. The van der Waals surface area contributed by atoms with Gasteiger partial charge in [0, 0.05) is 6.42 Å². The van der Waals surface area contributed by atoms with E-state index in [-0.39, 0.29) is 12.3 Å². The van der Waals surface area contributed by atoms with Gasteiger partial charge < -0.3 is 15.5 Å². The summed E-state index contributed by atoms with van der Waals surface area (Å²) < 4.78 is 0. The summed E-state index contributed by atoms with van der Waals surface area (Å²) in [6, 6.07) is -1.36. The van der Waals surface area contributed by atoms with E-state index in [0.29, 0.717) is 0 Å². The number of hydrogen-bond donors (Lipinski definition) is 3. The molecule has 0 fully saturated rings. The zero-order chi connectivity index (χ0) is 12.8. The molecular formula is C11H15NO5. The summed E-state index contributed by atoms with van der Waals surface area (Å²) in [6.07, 6.45) is 5.30. The van der Waals surface area contributed by atoms with Gasteiger partial charge in [0.15, 0.2) is 0 Å². The van der Waals surface area contributed by atoms with Crippen molar-refractivity contribution in [1.29, 1.82) is 0 Å². The second kappa shape index (κ2) is 6.03. The Morgan fingerprint density at radius 3 is 2.53 bits per heavy atom. The second-order valence-electron chi connectivity index (χ2n) is 4.03. The van der Waals surface area contributed by atoms with Crippen LogP contribution < -0.4 is 5.32 Å². The van der Waals surface area contributed by atoms with E-state index >= 15 is 0 Å². The third-order valence-electron chi connectivity index (χ3n) is 2.57. The molecule has 6 heteroatoms. The lowest BCUT2D eigenvalue weighted by molar-refractivity contribution is -0.147. The Kier molecular flexibility index (Phi) is 4.68. The minimum Gasteiger partial charge on any atom is -0.481 e. The Morgan fingerprint density at radius 1 is 1.35 bits per heavy atom. The molecule has 0 aromatic heterocycles. The first-order valence-corrected chi connectivity index (χ1v) is 5.39. The van der Waals surface area contributed by atoms with Crippen molar-refractivity contribution in [2.75, 3.05) is 0 Å². The fourth-order valence-electron chi connectivity index (χ4n) is 1.73. The number of carboxylic acids is 2. The SMILES string of the molecule is O=C(O)CC(NC(=O)CC1C=CCC1)C(=O)O. The topological polar surface area (TPSA) is 104 Å². The maximum atomic E-state index is 11.5. The van der Waals surface area contributed by atoms with Gasteiger partial charge in [-0.1, -0.05) is 12.2 Å². The van der Waals surface area contributed by atoms with Crippen molar-refractivity contribution in [3.63, 3.8) is 0 Å². The minimum atomic E-state index is -1.36. The molecule has 0 saturated carbocycles. The van der Waals surface area contributed by atoms with E-state index in [0.717, 1.165) is 12.8 Å². The van der Waals surface area contributed by atoms with Gasteiger partial charge in [-0.2, -0.15) is 0 Å². The molecule has 1 aliphatic rings. The summed E-state index contributed by atoms with van der Waals surface area (Å²) in [4.78, 5) is 32.6. The van der Waals surface area contributed by atoms with Crippen LogP contribution in [0.25, 0.3) is 0 Å². The van der Waals surface area contributed by atoms with Gasteiger partial charge in [-0.05, 0) is 18.8 Å². The number of hydrogen-bond acceptors (Lipinski definition) is 3. The highest BCUT2D eigenvalue weighted by atomic mass is 16.4. The third-order valence-corrected chi connectivity index (χ3v) is 2.57. The molecule has 0 aromatic rings. The van der Waals surface area contributed by atoms with E-state index in [4.69, 9.17) is 10.2 Å². The lowest BCUT2D eigenvalue weighted by Gasteiger charge is -2.13. The zero-order valence-electron chi connectivity index (χ0n) is 9.26. The monoisotopic (exact) mass is 241 g/mol. The fourth-order valence-corrected chi connectivity index (χ4v) is 1.73. The molecule has 0 bridgehead atoms. The number of amides is 1. The summed E-state index contributed by atoms with van der Waals surface area (Å²) >= 11 is 0. The molecule has 2 atom stereocenters. The summed E-state index contributed by atoms with van der Waals surface area (Å²) in [7, 11) is 0. The highest BCUT2D eigenvalue weighted by Crippen LogP contribution is 2.20. The smallest absolute Gasteiger partial charge is 0.326 e. The first-order valence-electron chi connectivity index (χ1n) is 5.39. The Balaban J connectivity index is 2.43. The van der Waals surface area contributed by atoms with Crippen molar-refractivity contribution in [3.05, 3.63) is 12.2 Å². The number of allylic oxidation sites excluding steroid dienone is 2. The molecule has 0 spiro atoms. The van der Waals surface area contributed by atoms with Gasteiger partial charge in [0.25, 0.3) is 0 Å². The number of carbonyl (C=O) groups excluding carboxylic acids is 1. The number of aliphatic carboxylic acids is 2. The van der Waals surface area contributed by atoms with E-state index in [9.17, 15) is 14.4 Å². The lowest BCUT2D eigenvalue weighted by Crippen LogP contribution is -2.42. The van der Waals surface area contributed by atoms with E-state index in [1.807, 2.05) is 12.2 Å². The van der Waals surface area contributed by atoms with Crippen molar-refractivity contribution >= 4 is 17.8 Å². The Hall–Kier alpha value is -1.85. The van der Waals surface area contributed by atoms with Gasteiger partial charge in [0.1, 0.15) is 6.04 Å². The largest absolute Gasteiger partial charge is 0.481 e. The highest BCUT2D eigenvalue weighted by Gasteiger charge is 2.24. The van der Waals surface area contributed by atoms with E-state index in [1.165, 1.54) is 0 Å². The molecule has 2 unspecified atom stereocenters. The molecular weight excluding hydrogens is 226 g/mol. The van der Waals surface area contributed by atoms with E-state index < -0.39 is 30.3 Å². The Bertz CT molecular complexity index is 350. The van der Waals surface area contributed by atoms with Crippen molar-refractivity contribution in [2.24, 2.45) is 5.92 Å². The van der Waals surface area contributed by atoms with Crippen LogP contribution in [0.3, 0.4) is 0 Å². The summed E-state index contributed by atoms with van der Waals surface area (Å²) in [5.41, 5.74) is 0. The highest BCUT2D eigenvalue weighted by molar-refractivity contribution is 5.86. The Labute approximate surface area is 98.3 Å². The van der Waals surface area contributed by atoms with E-state index in [1.54, 1.807) is 0 Å². The predicted molar refractivity (Wildman–Crippen MR) is 58.3 cm³/mol. The molecule has 3 N–H and O–H groups in total. The van der Waals surface area contributed by atoms with Gasteiger partial charge in [0.2, 0.25) is 5.91 Å². The van der Waals surface area contributed by atoms with Gasteiger partial charge in [-0.15, -0.1) is 0 Å². The molecule has 1 amide bonds. The molecule has 1 rings (SSSR count). The van der Waals surface area contributed by atoms with Crippen LogP contribution in [0.5, 0.6) is 0 Å². The van der Waals surface area contributed by atoms with Gasteiger partial charge in [-0.25, -0.2) is 4.79 Å². The van der Waals surface area contributed by atoms with Gasteiger partial charge >= 0.3 is 11.9 Å². The number of rotatable bonds is 6. The minimum absolute atomic E-state index is 0.134. The maximum Gasteiger partial charge on any atom is 0.326 e. The summed E-state index contributed by atoms with van der Waals surface area (Å²) in [5, 5.41) is 19.5. The average molecular weight is 241 g/mol. The average Bonchev–Trinajstić information content (AvgIpc) is 2.68. The standard InChI is InChI=1S/C11H15NO5/c13-9(5-7-3-1-2-4-7)12-8(11(16)17)6-10(14)15/h1,3,7-8H,2,4-6H2,(H,12,13)(H,14,15)(H,16,17). The molecule has 0 aromatic carbocycles.